The molecular weight excluding hydrogens is 526 g/mol. The Morgan fingerprint density at radius 3 is 0.659 bits per heavy atom. The molecule has 4 aromatic carbocycles. The lowest BCUT2D eigenvalue weighted by molar-refractivity contribution is -0.479. The molecule has 0 spiro atoms. The smallest absolute Gasteiger partial charge is 0.387 e. The molecule has 0 amide bonds. The van der Waals surface area contributed by atoms with E-state index in [9.17, 15) is 0 Å². The molecular formula is C28H28BFN8O3. The highest BCUT2D eigenvalue weighted by Gasteiger charge is 2.07. The zero-order chi connectivity index (χ0) is 30.3. The van der Waals surface area contributed by atoms with Gasteiger partial charge in [-0.1, -0.05) is 72.8 Å². The van der Waals surface area contributed by atoms with Crippen LogP contribution in [0.15, 0.2) is 97.1 Å². The van der Waals surface area contributed by atoms with Gasteiger partial charge in [0.05, 0.1) is 0 Å². The predicted molar refractivity (Wildman–Crippen MR) is 149 cm³/mol. The van der Waals surface area contributed by atoms with E-state index in [2.05, 4.69) is 19.9 Å². The van der Waals surface area contributed by atoms with Crippen molar-refractivity contribution in [2.75, 3.05) is 0 Å². The van der Waals surface area contributed by atoms with Crippen LogP contribution in [-0.4, -0.2) is 7.32 Å². The zero-order valence-corrected chi connectivity index (χ0v) is 23.0. The third kappa shape index (κ3) is 16.8. The van der Waals surface area contributed by atoms with Crippen molar-refractivity contribution in [2.45, 2.75) is 27.7 Å². The first-order valence-electron chi connectivity index (χ1n) is 11.7. The van der Waals surface area contributed by atoms with Crippen LogP contribution in [0.2, 0.25) is 0 Å². The van der Waals surface area contributed by atoms with Gasteiger partial charge >= 0.3 is 22.7 Å². The monoisotopic (exact) mass is 554 g/mol. The van der Waals surface area contributed by atoms with Crippen molar-refractivity contribution < 1.29 is 19.8 Å². The first-order valence-corrected chi connectivity index (χ1v) is 11.7. The largest absolute Gasteiger partial charge is 1.00 e. The van der Waals surface area contributed by atoms with E-state index in [1.54, 1.807) is 24.3 Å². The van der Waals surface area contributed by atoms with Crippen LogP contribution in [-0.2, 0) is 0 Å². The summed E-state index contributed by atoms with van der Waals surface area (Å²) < 4.78 is 0. The van der Waals surface area contributed by atoms with Gasteiger partial charge in [0.1, 0.15) is 0 Å². The number of aryl methyl sites for hydroxylation is 4. The van der Waals surface area contributed by atoms with Crippen molar-refractivity contribution in [3.05, 3.63) is 139 Å². The van der Waals surface area contributed by atoms with Crippen molar-refractivity contribution in [1.29, 1.82) is 21.6 Å². The van der Waals surface area contributed by atoms with Gasteiger partial charge in [-0.2, -0.15) is 0 Å². The van der Waals surface area contributed by atoms with Gasteiger partial charge < -0.3 is 19.8 Å². The van der Waals surface area contributed by atoms with Crippen LogP contribution < -0.4 is 19.8 Å². The normalized spacial score (nSPS) is 8.07. The minimum atomic E-state index is -2.92. The molecule has 0 N–H and O–H groups in total. The average molecular weight is 554 g/mol. The molecule has 13 heteroatoms. The lowest BCUT2D eigenvalue weighted by atomic mass is 10.2. The number of nitrogens with zero attached hydrogens (tertiary/aromatic N) is 8. The van der Waals surface area contributed by atoms with Crippen LogP contribution >= 0.6 is 0 Å². The predicted octanol–water partition coefficient (Wildman–Crippen LogP) is 2.97. The molecule has 0 atom stereocenters. The van der Waals surface area contributed by atoms with E-state index in [4.69, 9.17) is 36.6 Å². The second kappa shape index (κ2) is 22.4. The summed E-state index contributed by atoms with van der Waals surface area (Å²) in [7, 11) is -2.92. The molecule has 11 nitrogen and oxygen atoms in total. The molecule has 4 aromatic rings. The van der Waals surface area contributed by atoms with Crippen LogP contribution in [0.1, 0.15) is 22.3 Å². The molecule has 0 heterocycles. The minimum absolute atomic E-state index is 0. The molecule has 0 aliphatic heterocycles. The summed E-state index contributed by atoms with van der Waals surface area (Å²) in [5.74, 6) is 0. The molecule has 0 aromatic heterocycles. The average Bonchev–Trinajstić information content (AvgIpc) is 2.95. The topological polar surface area (TPSA) is 182 Å². The minimum Gasteiger partial charge on any atom is -1.00 e. The first kappa shape index (κ1) is 37.6. The van der Waals surface area contributed by atoms with Crippen molar-refractivity contribution in [3.63, 3.8) is 0 Å². The van der Waals surface area contributed by atoms with Crippen LogP contribution in [0.3, 0.4) is 0 Å². The summed E-state index contributed by atoms with van der Waals surface area (Å²) in [5, 5.41) is 58.6. The highest BCUT2D eigenvalue weighted by Crippen LogP contribution is 2.17. The maximum Gasteiger partial charge on any atom is 0.387 e. The molecule has 208 valence electrons. The Morgan fingerprint density at radius 2 is 0.561 bits per heavy atom. The van der Waals surface area contributed by atoms with E-state index >= 15 is 0 Å². The molecule has 41 heavy (non-hydrogen) atoms. The van der Waals surface area contributed by atoms with Crippen LogP contribution in [0.5, 0.6) is 0 Å². The Labute approximate surface area is 238 Å². The fourth-order valence-electron chi connectivity index (χ4n) is 2.70. The van der Waals surface area contributed by atoms with Gasteiger partial charge in [-0.3, -0.25) is 7.32 Å². The van der Waals surface area contributed by atoms with Gasteiger partial charge in [0.25, 0.3) is 0 Å². The highest BCUT2D eigenvalue weighted by atomic mass is 19.0. The number of hydrogen-bond acceptors (Lipinski definition) is 7. The molecule has 0 saturated carbocycles. The molecule has 0 aliphatic rings. The summed E-state index contributed by atoms with van der Waals surface area (Å²) >= 11 is 0. The van der Waals surface area contributed by atoms with E-state index in [1.165, 1.54) is 0 Å². The lowest BCUT2D eigenvalue weighted by Crippen LogP contribution is -3.00. The van der Waals surface area contributed by atoms with Crippen LogP contribution in [0, 0.1) is 49.3 Å². The van der Waals surface area contributed by atoms with E-state index in [1.807, 2.05) is 100 Å². The number of halogens is 1. The lowest BCUT2D eigenvalue weighted by Gasteiger charge is -2.35. The summed E-state index contributed by atoms with van der Waals surface area (Å²) in [6.07, 6.45) is 0. The fourth-order valence-corrected chi connectivity index (χ4v) is 2.70. The Hall–Kier alpha value is -5.57. The second-order valence-corrected chi connectivity index (χ2v) is 7.83. The summed E-state index contributed by atoms with van der Waals surface area (Å²) in [5.41, 5.74) is 6.49. The summed E-state index contributed by atoms with van der Waals surface area (Å²) in [6, 6.07) is 29.6. The molecule has 0 unspecified atom stereocenters. The highest BCUT2D eigenvalue weighted by molar-refractivity contribution is 6.24. The third-order valence-electron chi connectivity index (χ3n) is 4.89. The maximum atomic E-state index is 8.42. The summed E-state index contributed by atoms with van der Waals surface area (Å²) in [4.78, 5) is 12.3. The van der Waals surface area contributed by atoms with Gasteiger partial charge in [0.15, 0.2) is 19.9 Å². The van der Waals surface area contributed by atoms with Gasteiger partial charge in [0, 0.05) is 46.5 Å². The van der Waals surface area contributed by atoms with E-state index in [-0.39, 0.29) is 4.70 Å². The number of diazo groups is 4. The van der Waals surface area contributed by atoms with Gasteiger partial charge in [-0.25, -0.2) is 0 Å². The molecule has 0 fully saturated rings. The zero-order valence-electron chi connectivity index (χ0n) is 23.0. The standard InChI is InChI=1S/4C7H7N2.BO3.FH/c4*1-6-4-2-3-5-7(6)9-8;2-1(3)4;/h4*2-5H,1H3;;1H/q4*+1;-3;/p-1. The van der Waals surface area contributed by atoms with Gasteiger partial charge in [0.2, 0.25) is 21.6 Å². The Morgan fingerprint density at radius 1 is 0.415 bits per heavy atom. The first-order chi connectivity index (χ1) is 19.1. The number of hydrogen-bond donors (Lipinski definition) is 0. The fraction of sp³-hybridized carbons (Fsp3) is 0.143. The van der Waals surface area contributed by atoms with E-state index < -0.39 is 7.32 Å². The third-order valence-corrected chi connectivity index (χ3v) is 4.89. The quantitative estimate of drug-likeness (QED) is 0.236. The van der Waals surface area contributed by atoms with Crippen LogP contribution in [0.4, 0.5) is 22.7 Å². The number of rotatable bonds is 0. The Kier molecular flexibility index (Phi) is 20.6. The molecule has 4 rings (SSSR count). The SMILES string of the molecule is Cc1ccccc1[N+]#N.Cc1ccccc1[N+]#N.Cc1ccccc1[N+]#N.Cc1ccccc1[N+]#N.[F-].[O-]B([O-])[O-]. The van der Waals surface area contributed by atoms with Crippen molar-refractivity contribution in [3.8, 4) is 0 Å². The van der Waals surface area contributed by atoms with E-state index in [0.717, 1.165) is 22.3 Å². The number of benzene rings is 4. The molecule has 0 bridgehead atoms. The van der Waals surface area contributed by atoms with Gasteiger partial charge in [-0.15, -0.1) is 0 Å². The molecule has 0 aliphatic carbocycles. The summed E-state index contributed by atoms with van der Waals surface area (Å²) in [6.45, 7) is 7.59. The molecule has 0 radical (unpaired) electrons. The van der Waals surface area contributed by atoms with E-state index in [0.29, 0.717) is 22.7 Å². The van der Waals surface area contributed by atoms with Crippen molar-refractivity contribution in [2.24, 2.45) is 0 Å². The van der Waals surface area contributed by atoms with Crippen LogP contribution in [0.25, 0.3) is 19.9 Å². The molecule has 0 saturated heterocycles. The van der Waals surface area contributed by atoms with Crippen molar-refractivity contribution >= 4 is 30.1 Å². The van der Waals surface area contributed by atoms with Gasteiger partial charge in [-0.05, 0) is 27.7 Å². The Bertz CT molecular complexity index is 1280. The second-order valence-electron chi connectivity index (χ2n) is 7.83. The maximum absolute atomic E-state index is 8.42. The Balaban J connectivity index is 0. The van der Waals surface area contributed by atoms with Crippen molar-refractivity contribution in [1.82, 2.24) is 0 Å².